The zero-order chi connectivity index (χ0) is 12.4. The van der Waals surface area contributed by atoms with Crippen molar-refractivity contribution in [3.8, 4) is 0 Å². The van der Waals surface area contributed by atoms with Crippen LogP contribution in [0.3, 0.4) is 0 Å². The standard InChI is InChI=1S/C14H31NO/c1-6-8-10-16-11-9-14(5,13(3)4)12-15-7-2/h13,15H,6-12H2,1-5H3. The van der Waals surface area contributed by atoms with Gasteiger partial charge in [-0.2, -0.15) is 0 Å². The van der Waals surface area contributed by atoms with Crippen LogP contribution < -0.4 is 5.32 Å². The zero-order valence-electron chi connectivity index (χ0n) is 11.9. The third-order valence-electron chi connectivity index (χ3n) is 3.63. The second kappa shape index (κ2) is 9.00. The molecular formula is C14H31NO. The van der Waals surface area contributed by atoms with Gasteiger partial charge in [-0.3, -0.25) is 0 Å². The highest BCUT2D eigenvalue weighted by Crippen LogP contribution is 2.30. The van der Waals surface area contributed by atoms with E-state index < -0.39 is 0 Å². The lowest BCUT2D eigenvalue weighted by Gasteiger charge is -2.34. The lowest BCUT2D eigenvalue weighted by atomic mass is 9.76. The van der Waals surface area contributed by atoms with Gasteiger partial charge in [-0.25, -0.2) is 0 Å². The van der Waals surface area contributed by atoms with E-state index in [1.807, 2.05) is 0 Å². The van der Waals surface area contributed by atoms with Crippen molar-refractivity contribution in [1.29, 1.82) is 0 Å². The van der Waals surface area contributed by atoms with Crippen molar-refractivity contribution in [2.24, 2.45) is 11.3 Å². The summed E-state index contributed by atoms with van der Waals surface area (Å²) < 4.78 is 5.67. The van der Waals surface area contributed by atoms with Crippen LogP contribution in [0, 0.1) is 11.3 Å². The molecule has 1 atom stereocenters. The topological polar surface area (TPSA) is 21.3 Å². The number of nitrogens with one attached hydrogen (secondary N) is 1. The first-order chi connectivity index (χ1) is 7.56. The average molecular weight is 229 g/mol. The van der Waals surface area contributed by atoms with E-state index in [0.29, 0.717) is 11.3 Å². The monoisotopic (exact) mass is 229 g/mol. The predicted octanol–water partition coefficient (Wildman–Crippen LogP) is 3.47. The molecular weight excluding hydrogens is 198 g/mol. The summed E-state index contributed by atoms with van der Waals surface area (Å²) >= 11 is 0. The summed E-state index contributed by atoms with van der Waals surface area (Å²) in [6.45, 7) is 15.3. The fourth-order valence-electron chi connectivity index (χ4n) is 1.65. The summed E-state index contributed by atoms with van der Waals surface area (Å²) in [5.74, 6) is 0.696. The molecule has 0 saturated carbocycles. The maximum atomic E-state index is 5.67. The van der Waals surface area contributed by atoms with Crippen LogP contribution in [-0.4, -0.2) is 26.3 Å². The fraction of sp³-hybridized carbons (Fsp3) is 1.00. The molecule has 0 spiro atoms. The highest BCUT2D eigenvalue weighted by molar-refractivity contribution is 4.79. The van der Waals surface area contributed by atoms with E-state index in [2.05, 4.69) is 39.9 Å². The molecule has 0 fully saturated rings. The van der Waals surface area contributed by atoms with Gasteiger partial charge in [-0.05, 0) is 30.7 Å². The van der Waals surface area contributed by atoms with Crippen molar-refractivity contribution in [3.05, 3.63) is 0 Å². The molecule has 0 aromatic carbocycles. The molecule has 1 unspecified atom stereocenters. The van der Waals surface area contributed by atoms with Crippen LogP contribution in [0.5, 0.6) is 0 Å². The summed E-state index contributed by atoms with van der Waals surface area (Å²) in [7, 11) is 0. The van der Waals surface area contributed by atoms with Gasteiger partial charge in [0, 0.05) is 19.8 Å². The number of hydrogen-bond donors (Lipinski definition) is 1. The Morgan fingerprint density at radius 1 is 1.19 bits per heavy atom. The van der Waals surface area contributed by atoms with Crippen LogP contribution in [0.25, 0.3) is 0 Å². The summed E-state index contributed by atoms with van der Waals surface area (Å²) in [6, 6.07) is 0. The molecule has 0 aliphatic rings. The van der Waals surface area contributed by atoms with Gasteiger partial charge in [0.05, 0.1) is 0 Å². The van der Waals surface area contributed by atoms with Crippen LogP contribution >= 0.6 is 0 Å². The molecule has 0 radical (unpaired) electrons. The van der Waals surface area contributed by atoms with E-state index in [1.165, 1.54) is 12.8 Å². The van der Waals surface area contributed by atoms with Crippen molar-refractivity contribution in [2.45, 2.75) is 53.9 Å². The predicted molar refractivity (Wildman–Crippen MR) is 71.8 cm³/mol. The molecule has 0 rings (SSSR count). The molecule has 1 N–H and O–H groups in total. The Labute approximate surface area is 102 Å². The van der Waals surface area contributed by atoms with Crippen LogP contribution in [0.2, 0.25) is 0 Å². The quantitative estimate of drug-likeness (QED) is 0.579. The molecule has 0 aromatic rings. The Hall–Kier alpha value is -0.0800. The Bertz CT molecular complexity index is 159. The average Bonchev–Trinajstić information content (AvgIpc) is 2.26. The summed E-state index contributed by atoms with van der Waals surface area (Å²) in [4.78, 5) is 0. The van der Waals surface area contributed by atoms with Gasteiger partial charge in [0.2, 0.25) is 0 Å². The van der Waals surface area contributed by atoms with E-state index in [9.17, 15) is 0 Å². The summed E-state index contributed by atoms with van der Waals surface area (Å²) in [5.41, 5.74) is 0.363. The minimum atomic E-state index is 0.363. The van der Waals surface area contributed by atoms with Gasteiger partial charge in [-0.15, -0.1) is 0 Å². The minimum absolute atomic E-state index is 0.363. The Morgan fingerprint density at radius 2 is 1.88 bits per heavy atom. The van der Waals surface area contributed by atoms with E-state index in [-0.39, 0.29) is 0 Å². The van der Waals surface area contributed by atoms with E-state index in [0.717, 1.165) is 32.7 Å². The van der Waals surface area contributed by atoms with E-state index in [1.54, 1.807) is 0 Å². The van der Waals surface area contributed by atoms with Crippen molar-refractivity contribution in [2.75, 3.05) is 26.3 Å². The highest BCUT2D eigenvalue weighted by atomic mass is 16.5. The molecule has 0 saturated heterocycles. The first-order valence-electron chi connectivity index (χ1n) is 6.85. The number of rotatable bonds is 10. The summed E-state index contributed by atoms with van der Waals surface area (Å²) in [5, 5.41) is 3.47. The van der Waals surface area contributed by atoms with Crippen molar-refractivity contribution in [1.82, 2.24) is 5.32 Å². The molecule has 0 amide bonds. The number of unbranched alkanes of at least 4 members (excludes halogenated alkanes) is 1. The normalized spacial score (nSPS) is 15.4. The van der Waals surface area contributed by atoms with Crippen LogP contribution in [0.4, 0.5) is 0 Å². The Kier molecular flexibility index (Phi) is 8.96. The van der Waals surface area contributed by atoms with E-state index in [4.69, 9.17) is 4.74 Å². The lowest BCUT2D eigenvalue weighted by Crippen LogP contribution is -2.37. The molecule has 98 valence electrons. The van der Waals surface area contributed by atoms with Crippen molar-refractivity contribution in [3.63, 3.8) is 0 Å². The first kappa shape index (κ1) is 15.9. The second-order valence-electron chi connectivity index (χ2n) is 5.30. The fourth-order valence-corrected chi connectivity index (χ4v) is 1.65. The van der Waals surface area contributed by atoms with Gasteiger partial charge >= 0.3 is 0 Å². The summed E-state index contributed by atoms with van der Waals surface area (Å²) in [6.07, 6.45) is 3.56. The van der Waals surface area contributed by atoms with Crippen LogP contribution in [-0.2, 0) is 4.74 Å². The van der Waals surface area contributed by atoms with Crippen molar-refractivity contribution < 1.29 is 4.74 Å². The Morgan fingerprint density at radius 3 is 2.38 bits per heavy atom. The lowest BCUT2D eigenvalue weighted by molar-refractivity contribution is 0.0778. The maximum Gasteiger partial charge on any atom is 0.0471 e. The minimum Gasteiger partial charge on any atom is -0.381 e. The molecule has 0 heterocycles. The molecule has 2 heteroatoms. The van der Waals surface area contributed by atoms with E-state index >= 15 is 0 Å². The molecule has 16 heavy (non-hydrogen) atoms. The molecule has 0 aromatic heterocycles. The van der Waals surface area contributed by atoms with Gasteiger partial charge < -0.3 is 10.1 Å². The number of ether oxygens (including phenoxy) is 1. The zero-order valence-corrected chi connectivity index (χ0v) is 11.9. The van der Waals surface area contributed by atoms with Crippen LogP contribution in [0.15, 0.2) is 0 Å². The molecule has 0 aliphatic carbocycles. The third kappa shape index (κ3) is 6.49. The highest BCUT2D eigenvalue weighted by Gasteiger charge is 2.27. The molecule has 2 nitrogen and oxygen atoms in total. The smallest absolute Gasteiger partial charge is 0.0471 e. The van der Waals surface area contributed by atoms with Gasteiger partial charge in [-0.1, -0.05) is 41.0 Å². The second-order valence-corrected chi connectivity index (χ2v) is 5.30. The third-order valence-corrected chi connectivity index (χ3v) is 3.63. The Balaban J connectivity index is 3.83. The maximum absolute atomic E-state index is 5.67. The first-order valence-corrected chi connectivity index (χ1v) is 6.85. The van der Waals surface area contributed by atoms with Gasteiger partial charge in [0.25, 0.3) is 0 Å². The van der Waals surface area contributed by atoms with Gasteiger partial charge in [0.1, 0.15) is 0 Å². The SMILES string of the molecule is CCCCOCCC(C)(CNCC)C(C)C. The molecule has 0 bridgehead atoms. The largest absolute Gasteiger partial charge is 0.381 e. The van der Waals surface area contributed by atoms with Crippen molar-refractivity contribution >= 4 is 0 Å². The van der Waals surface area contributed by atoms with Crippen LogP contribution in [0.1, 0.15) is 53.9 Å². The molecule has 0 aliphatic heterocycles. The van der Waals surface area contributed by atoms with Gasteiger partial charge in [0.15, 0.2) is 0 Å². The number of hydrogen-bond acceptors (Lipinski definition) is 2.